The molecule has 1 heterocycles. The Balaban J connectivity index is 2.48. The molecule has 0 radical (unpaired) electrons. The van der Waals surface area contributed by atoms with Gasteiger partial charge in [0.2, 0.25) is 5.91 Å². The van der Waals surface area contributed by atoms with Crippen LogP contribution in [-0.4, -0.2) is 43.1 Å². The number of nitrogens with one attached hydrogen (secondary N) is 1. The number of piperidine rings is 1. The lowest BCUT2D eigenvalue weighted by atomic mass is 9.97. The summed E-state index contributed by atoms with van der Waals surface area (Å²) in [7, 11) is 1.37. The summed E-state index contributed by atoms with van der Waals surface area (Å²) in [5, 5.41) is 2.96. The molecule has 2 atom stereocenters. The second-order valence-electron chi connectivity index (χ2n) is 4.57. The zero-order valence-corrected chi connectivity index (χ0v) is 10.9. The summed E-state index contributed by atoms with van der Waals surface area (Å²) in [6.07, 6.45) is 2.27. The topological polar surface area (TPSA) is 58.6 Å². The molecular formula is C12H22N2O3. The van der Waals surface area contributed by atoms with Crippen LogP contribution >= 0.6 is 0 Å². The van der Waals surface area contributed by atoms with Gasteiger partial charge < -0.3 is 15.0 Å². The Kier molecular flexibility index (Phi) is 5.25. The van der Waals surface area contributed by atoms with E-state index in [0.717, 1.165) is 19.3 Å². The third-order valence-corrected chi connectivity index (χ3v) is 3.23. The lowest BCUT2D eigenvalue weighted by molar-refractivity contribution is -0.127. The number of likely N-dealkylation sites (tertiary alicyclic amines) is 1. The molecule has 1 aliphatic rings. The summed E-state index contributed by atoms with van der Waals surface area (Å²) in [5.74, 6) is -0.0511. The number of rotatable bonds is 3. The van der Waals surface area contributed by atoms with Gasteiger partial charge in [-0.3, -0.25) is 4.79 Å². The van der Waals surface area contributed by atoms with E-state index < -0.39 is 0 Å². The molecule has 1 fully saturated rings. The number of hydrogen-bond donors (Lipinski definition) is 1. The Morgan fingerprint density at radius 3 is 2.82 bits per heavy atom. The highest BCUT2D eigenvalue weighted by Gasteiger charge is 2.29. The molecule has 2 amide bonds. The maximum atomic E-state index is 11.9. The molecule has 0 aromatic rings. The van der Waals surface area contributed by atoms with Gasteiger partial charge in [-0.15, -0.1) is 0 Å². The van der Waals surface area contributed by atoms with Crippen molar-refractivity contribution in [2.45, 2.75) is 39.2 Å². The molecule has 5 heteroatoms. The van der Waals surface area contributed by atoms with Crippen LogP contribution in [0.1, 0.15) is 33.1 Å². The first-order valence-corrected chi connectivity index (χ1v) is 6.21. The first kappa shape index (κ1) is 13.8. The van der Waals surface area contributed by atoms with Gasteiger partial charge in [0.15, 0.2) is 0 Å². The Bertz CT molecular complexity index is 281. The van der Waals surface area contributed by atoms with Gasteiger partial charge in [-0.1, -0.05) is 6.92 Å². The van der Waals surface area contributed by atoms with E-state index in [1.54, 1.807) is 4.90 Å². The molecule has 0 spiro atoms. The van der Waals surface area contributed by atoms with Crippen LogP contribution in [0.5, 0.6) is 0 Å². The molecule has 0 bridgehead atoms. The van der Waals surface area contributed by atoms with Gasteiger partial charge in [0.25, 0.3) is 0 Å². The molecule has 98 valence electrons. The summed E-state index contributed by atoms with van der Waals surface area (Å²) in [6, 6.07) is 0.191. The summed E-state index contributed by atoms with van der Waals surface area (Å²) in [5.41, 5.74) is 0. The molecule has 1 rings (SSSR count). The van der Waals surface area contributed by atoms with E-state index in [9.17, 15) is 9.59 Å². The van der Waals surface area contributed by atoms with Crippen molar-refractivity contribution >= 4 is 12.0 Å². The Labute approximate surface area is 102 Å². The van der Waals surface area contributed by atoms with Gasteiger partial charge in [-0.2, -0.15) is 0 Å². The van der Waals surface area contributed by atoms with Crippen molar-refractivity contribution in [1.29, 1.82) is 0 Å². The van der Waals surface area contributed by atoms with E-state index in [2.05, 4.69) is 10.1 Å². The van der Waals surface area contributed by atoms with Crippen LogP contribution in [0.2, 0.25) is 0 Å². The molecule has 1 aliphatic heterocycles. The Morgan fingerprint density at radius 2 is 2.24 bits per heavy atom. The fraction of sp³-hybridized carbons (Fsp3) is 0.833. The van der Waals surface area contributed by atoms with Gasteiger partial charge in [-0.25, -0.2) is 4.79 Å². The third-order valence-electron chi connectivity index (χ3n) is 3.23. The number of carbonyl (C=O) groups excluding carboxylic acids is 2. The summed E-state index contributed by atoms with van der Waals surface area (Å²) in [4.78, 5) is 24.9. The van der Waals surface area contributed by atoms with Crippen molar-refractivity contribution in [2.24, 2.45) is 5.92 Å². The third kappa shape index (κ3) is 3.91. The largest absolute Gasteiger partial charge is 0.453 e. The molecule has 0 aliphatic carbocycles. The Hall–Kier alpha value is -1.26. The van der Waals surface area contributed by atoms with Crippen LogP contribution in [-0.2, 0) is 9.53 Å². The van der Waals surface area contributed by atoms with E-state index in [0.29, 0.717) is 13.1 Å². The second kappa shape index (κ2) is 6.47. The van der Waals surface area contributed by atoms with Crippen LogP contribution in [0.25, 0.3) is 0 Å². The molecule has 17 heavy (non-hydrogen) atoms. The number of amides is 2. The molecular weight excluding hydrogens is 220 g/mol. The van der Waals surface area contributed by atoms with E-state index in [4.69, 9.17) is 0 Å². The van der Waals surface area contributed by atoms with Crippen molar-refractivity contribution in [2.75, 3.05) is 20.2 Å². The molecule has 1 N–H and O–H groups in total. The van der Waals surface area contributed by atoms with Crippen molar-refractivity contribution in [1.82, 2.24) is 10.2 Å². The number of hydrogen-bond acceptors (Lipinski definition) is 3. The zero-order chi connectivity index (χ0) is 12.8. The predicted octanol–water partition coefficient (Wildman–Crippen LogP) is 1.38. The quantitative estimate of drug-likeness (QED) is 0.813. The molecule has 1 saturated heterocycles. The molecule has 2 unspecified atom stereocenters. The normalized spacial score (nSPS) is 21.8. The highest BCUT2D eigenvalue weighted by atomic mass is 16.5. The summed E-state index contributed by atoms with van der Waals surface area (Å²) >= 11 is 0. The molecule has 0 saturated carbocycles. The monoisotopic (exact) mass is 242 g/mol. The van der Waals surface area contributed by atoms with Crippen LogP contribution in [0.4, 0.5) is 4.79 Å². The highest BCUT2D eigenvalue weighted by Crippen LogP contribution is 2.17. The van der Waals surface area contributed by atoms with Crippen LogP contribution in [0.15, 0.2) is 0 Å². The minimum Gasteiger partial charge on any atom is -0.453 e. The SMILES string of the molecule is CCC(C)NC(=O)C1CCCN(C(=O)OC)C1. The van der Waals surface area contributed by atoms with Gasteiger partial charge in [0, 0.05) is 19.1 Å². The minimum atomic E-state index is -0.342. The summed E-state index contributed by atoms with van der Waals surface area (Å²) in [6.45, 7) is 5.17. The first-order valence-electron chi connectivity index (χ1n) is 6.21. The minimum absolute atomic E-state index is 0.0490. The lowest BCUT2D eigenvalue weighted by Gasteiger charge is -2.31. The Morgan fingerprint density at radius 1 is 1.53 bits per heavy atom. The number of nitrogens with zero attached hydrogens (tertiary/aromatic N) is 1. The fourth-order valence-electron chi connectivity index (χ4n) is 1.95. The van der Waals surface area contributed by atoms with Crippen LogP contribution in [0.3, 0.4) is 0 Å². The first-order chi connectivity index (χ1) is 8.08. The maximum Gasteiger partial charge on any atom is 0.409 e. The standard InChI is InChI=1S/C12H22N2O3/c1-4-9(2)13-11(15)10-6-5-7-14(8-10)12(16)17-3/h9-10H,4-8H2,1-3H3,(H,13,15). The number of carbonyl (C=O) groups is 2. The van der Waals surface area contributed by atoms with Crippen molar-refractivity contribution in [3.05, 3.63) is 0 Å². The van der Waals surface area contributed by atoms with E-state index in [1.165, 1.54) is 7.11 Å². The van der Waals surface area contributed by atoms with E-state index in [-0.39, 0.29) is 24.0 Å². The maximum absolute atomic E-state index is 11.9. The van der Waals surface area contributed by atoms with Crippen molar-refractivity contribution < 1.29 is 14.3 Å². The number of ether oxygens (including phenoxy) is 1. The predicted molar refractivity (Wildman–Crippen MR) is 64.6 cm³/mol. The van der Waals surface area contributed by atoms with Crippen LogP contribution < -0.4 is 5.32 Å². The van der Waals surface area contributed by atoms with Gasteiger partial charge in [0.1, 0.15) is 0 Å². The van der Waals surface area contributed by atoms with Gasteiger partial charge in [-0.05, 0) is 26.2 Å². The molecule has 0 aromatic heterocycles. The second-order valence-corrected chi connectivity index (χ2v) is 4.57. The number of methoxy groups -OCH3 is 1. The highest BCUT2D eigenvalue weighted by molar-refractivity contribution is 5.80. The van der Waals surface area contributed by atoms with Crippen LogP contribution in [0, 0.1) is 5.92 Å². The van der Waals surface area contributed by atoms with Gasteiger partial charge in [0.05, 0.1) is 13.0 Å². The average Bonchev–Trinajstić information content (AvgIpc) is 2.37. The molecule has 0 aromatic carbocycles. The van der Waals surface area contributed by atoms with Gasteiger partial charge >= 0.3 is 6.09 Å². The van der Waals surface area contributed by atoms with Crippen molar-refractivity contribution in [3.63, 3.8) is 0 Å². The zero-order valence-electron chi connectivity index (χ0n) is 10.9. The average molecular weight is 242 g/mol. The van der Waals surface area contributed by atoms with E-state index in [1.807, 2.05) is 13.8 Å². The molecule has 5 nitrogen and oxygen atoms in total. The fourth-order valence-corrected chi connectivity index (χ4v) is 1.95. The smallest absolute Gasteiger partial charge is 0.409 e. The lowest BCUT2D eigenvalue weighted by Crippen LogP contribution is -2.47. The van der Waals surface area contributed by atoms with Crippen molar-refractivity contribution in [3.8, 4) is 0 Å². The summed E-state index contributed by atoms with van der Waals surface area (Å²) < 4.78 is 4.68. The van der Waals surface area contributed by atoms with E-state index >= 15 is 0 Å².